The highest BCUT2D eigenvalue weighted by Gasteiger charge is 2.08. The number of methoxy groups -OCH3 is 3. The molecule has 0 spiro atoms. The van der Waals surface area contributed by atoms with Crippen molar-refractivity contribution >= 4 is 18.0 Å². The first-order chi connectivity index (χ1) is 11.6. The van der Waals surface area contributed by atoms with Gasteiger partial charge in [0, 0.05) is 31.9 Å². The number of hydrogen-bond acceptors (Lipinski definition) is 6. The summed E-state index contributed by atoms with van der Waals surface area (Å²) in [6, 6.07) is 5.20. The van der Waals surface area contributed by atoms with Crippen LogP contribution in [0.4, 0.5) is 0 Å². The van der Waals surface area contributed by atoms with E-state index < -0.39 is 5.91 Å². The van der Waals surface area contributed by atoms with Gasteiger partial charge in [-0.15, -0.1) is 0 Å². The molecule has 0 atom stereocenters. The molecular weight excluding hydrogens is 314 g/mol. The Bertz CT molecular complexity index is 575. The Kier molecular flexibility index (Phi) is 8.91. The van der Waals surface area contributed by atoms with Crippen LogP contribution in [0, 0.1) is 0 Å². The number of carbonyl (C=O) groups excluding carboxylic acids is 2. The number of benzene rings is 1. The molecule has 24 heavy (non-hydrogen) atoms. The lowest BCUT2D eigenvalue weighted by Crippen LogP contribution is -2.30. The second-order valence-electron chi connectivity index (χ2n) is 4.77. The van der Waals surface area contributed by atoms with E-state index >= 15 is 0 Å². The fourth-order valence-corrected chi connectivity index (χ4v) is 1.79. The lowest BCUT2D eigenvalue weighted by atomic mass is 10.2. The first kappa shape index (κ1) is 19.4. The maximum Gasteiger partial charge on any atom is 0.249 e. The van der Waals surface area contributed by atoms with Gasteiger partial charge in [-0.2, -0.15) is 5.10 Å². The Labute approximate surface area is 141 Å². The number of hydrogen-bond donors (Lipinski definition) is 2. The molecule has 0 unspecified atom stereocenters. The predicted molar refractivity (Wildman–Crippen MR) is 89.4 cm³/mol. The van der Waals surface area contributed by atoms with E-state index in [4.69, 9.17) is 14.2 Å². The smallest absolute Gasteiger partial charge is 0.249 e. The molecule has 0 heterocycles. The Hall–Kier alpha value is -2.61. The number of ether oxygens (including phenoxy) is 3. The standard InChI is InChI=1S/C16H23N3O5/c1-22-8-4-7-17-15(20)10-16(21)19-18-11-12-5-6-13(23-2)9-14(12)24-3/h5-6,9,11H,4,7-8,10H2,1-3H3,(H,17,20)(H,19,21)/b18-11-. The van der Waals surface area contributed by atoms with E-state index in [2.05, 4.69) is 15.8 Å². The van der Waals surface area contributed by atoms with Crippen LogP contribution in [0.3, 0.4) is 0 Å². The van der Waals surface area contributed by atoms with E-state index in [0.29, 0.717) is 36.6 Å². The number of carbonyl (C=O) groups is 2. The van der Waals surface area contributed by atoms with Gasteiger partial charge in [0.25, 0.3) is 0 Å². The largest absolute Gasteiger partial charge is 0.497 e. The topological polar surface area (TPSA) is 98.2 Å². The summed E-state index contributed by atoms with van der Waals surface area (Å²) in [5, 5.41) is 6.44. The van der Waals surface area contributed by atoms with E-state index in [0.717, 1.165) is 0 Å². The maximum atomic E-state index is 11.6. The van der Waals surface area contributed by atoms with Crippen molar-refractivity contribution in [1.82, 2.24) is 10.7 Å². The molecule has 0 saturated heterocycles. The van der Waals surface area contributed by atoms with Crippen molar-refractivity contribution < 1.29 is 23.8 Å². The Balaban J connectivity index is 2.43. The minimum atomic E-state index is -0.497. The van der Waals surface area contributed by atoms with Gasteiger partial charge in [0.15, 0.2) is 0 Å². The van der Waals surface area contributed by atoms with Crippen molar-refractivity contribution in [3.8, 4) is 11.5 Å². The third kappa shape index (κ3) is 7.10. The van der Waals surface area contributed by atoms with Gasteiger partial charge in [0.2, 0.25) is 11.8 Å². The van der Waals surface area contributed by atoms with Crippen LogP contribution in [0.25, 0.3) is 0 Å². The molecule has 8 nitrogen and oxygen atoms in total. The molecule has 0 aliphatic heterocycles. The first-order valence-corrected chi connectivity index (χ1v) is 7.40. The van der Waals surface area contributed by atoms with Crippen LogP contribution < -0.4 is 20.2 Å². The fraction of sp³-hybridized carbons (Fsp3) is 0.438. The summed E-state index contributed by atoms with van der Waals surface area (Å²) in [6.45, 7) is 1.02. The van der Waals surface area contributed by atoms with E-state index in [-0.39, 0.29) is 12.3 Å². The Morgan fingerprint density at radius 1 is 1.17 bits per heavy atom. The quantitative estimate of drug-likeness (QED) is 0.283. The minimum Gasteiger partial charge on any atom is -0.497 e. The molecule has 0 saturated carbocycles. The van der Waals surface area contributed by atoms with Crippen LogP contribution in [0.2, 0.25) is 0 Å². The van der Waals surface area contributed by atoms with Crippen molar-refractivity contribution in [3.05, 3.63) is 23.8 Å². The van der Waals surface area contributed by atoms with Crippen LogP contribution in [0.15, 0.2) is 23.3 Å². The number of rotatable bonds is 10. The van der Waals surface area contributed by atoms with Crippen molar-refractivity contribution in [1.29, 1.82) is 0 Å². The average Bonchev–Trinajstić information content (AvgIpc) is 2.58. The number of nitrogens with zero attached hydrogens (tertiary/aromatic N) is 1. The van der Waals surface area contributed by atoms with Crippen LogP contribution >= 0.6 is 0 Å². The predicted octanol–water partition coefficient (Wildman–Crippen LogP) is 0.697. The van der Waals surface area contributed by atoms with Gasteiger partial charge in [-0.25, -0.2) is 5.43 Å². The summed E-state index contributed by atoms with van der Waals surface area (Å²) >= 11 is 0. The van der Waals surface area contributed by atoms with Crippen LogP contribution in [-0.2, 0) is 14.3 Å². The third-order valence-electron chi connectivity index (χ3n) is 3.00. The molecule has 2 amide bonds. The third-order valence-corrected chi connectivity index (χ3v) is 3.00. The molecule has 2 N–H and O–H groups in total. The first-order valence-electron chi connectivity index (χ1n) is 7.40. The molecule has 1 aromatic rings. The fourth-order valence-electron chi connectivity index (χ4n) is 1.79. The minimum absolute atomic E-state index is 0.288. The Morgan fingerprint density at radius 3 is 2.62 bits per heavy atom. The molecular formula is C16H23N3O5. The highest BCUT2D eigenvalue weighted by molar-refractivity contribution is 5.97. The molecule has 0 aromatic heterocycles. The number of amides is 2. The van der Waals surface area contributed by atoms with E-state index in [1.54, 1.807) is 32.4 Å². The maximum absolute atomic E-state index is 11.6. The summed E-state index contributed by atoms with van der Waals surface area (Å²) in [6.07, 6.45) is 1.84. The van der Waals surface area contributed by atoms with Crippen LogP contribution in [-0.4, -0.2) is 52.5 Å². The van der Waals surface area contributed by atoms with Gasteiger partial charge in [-0.3, -0.25) is 9.59 Å². The number of nitrogens with one attached hydrogen (secondary N) is 2. The van der Waals surface area contributed by atoms with E-state index in [1.807, 2.05) is 0 Å². The normalized spacial score (nSPS) is 10.5. The molecule has 1 rings (SSSR count). The molecule has 0 aliphatic rings. The highest BCUT2D eigenvalue weighted by atomic mass is 16.5. The van der Waals surface area contributed by atoms with Gasteiger partial charge in [-0.1, -0.05) is 0 Å². The molecule has 0 radical (unpaired) electrons. The SMILES string of the molecule is COCCCNC(=O)CC(=O)N/N=C\c1ccc(OC)cc1OC. The van der Waals surface area contributed by atoms with Gasteiger partial charge >= 0.3 is 0 Å². The highest BCUT2D eigenvalue weighted by Crippen LogP contribution is 2.22. The number of hydrazone groups is 1. The van der Waals surface area contributed by atoms with Gasteiger partial charge in [-0.05, 0) is 18.6 Å². The van der Waals surface area contributed by atoms with Crippen LogP contribution in [0.1, 0.15) is 18.4 Å². The summed E-state index contributed by atoms with van der Waals surface area (Å²) in [7, 11) is 4.67. The molecule has 0 fully saturated rings. The lowest BCUT2D eigenvalue weighted by molar-refractivity contribution is -0.129. The zero-order chi connectivity index (χ0) is 17.8. The summed E-state index contributed by atoms with van der Waals surface area (Å²) in [5.41, 5.74) is 2.97. The Morgan fingerprint density at radius 2 is 1.96 bits per heavy atom. The van der Waals surface area contributed by atoms with Crippen molar-refractivity contribution in [2.75, 3.05) is 34.5 Å². The van der Waals surface area contributed by atoms with E-state index in [9.17, 15) is 9.59 Å². The zero-order valence-corrected chi connectivity index (χ0v) is 14.1. The van der Waals surface area contributed by atoms with Crippen LogP contribution in [0.5, 0.6) is 11.5 Å². The van der Waals surface area contributed by atoms with Gasteiger partial charge < -0.3 is 19.5 Å². The molecule has 8 heteroatoms. The summed E-state index contributed by atoms with van der Waals surface area (Å²) in [4.78, 5) is 23.1. The lowest BCUT2D eigenvalue weighted by Gasteiger charge is -2.07. The average molecular weight is 337 g/mol. The molecule has 132 valence electrons. The van der Waals surface area contributed by atoms with Gasteiger partial charge in [0.1, 0.15) is 17.9 Å². The summed E-state index contributed by atoms with van der Waals surface area (Å²) < 4.78 is 15.2. The molecule has 0 bridgehead atoms. The van der Waals surface area contributed by atoms with Crippen molar-refractivity contribution in [3.63, 3.8) is 0 Å². The van der Waals surface area contributed by atoms with Crippen molar-refractivity contribution in [2.45, 2.75) is 12.8 Å². The van der Waals surface area contributed by atoms with E-state index in [1.165, 1.54) is 13.3 Å². The molecule has 0 aliphatic carbocycles. The zero-order valence-electron chi connectivity index (χ0n) is 14.1. The monoisotopic (exact) mass is 337 g/mol. The van der Waals surface area contributed by atoms with Crippen molar-refractivity contribution in [2.24, 2.45) is 5.10 Å². The van der Waals surface area contributed by atoms with Gasteiger partial charge in [0.05, 0.1) is 20.4 Å². The second kappa shape index (κ2) is 11.0. The second-order valence-corrected chi connectivity index (χ2v) is 4.77. The summed E-state index contributed by atoms with van der Waals surface area (Å²) in [5.74, 6) is 0.352. The molecule has 1 aromatic carbocycles.